The fourth-order valence-electron chi connectivity index (χ4n) is 1.48. The fourth-order valence-corrected chi connectivity index (χ4v) is 1.48. The minimum atomic E-state index is -1.00. The van der Waals surface area contributed by atoms with Gasteiger partial charge in [-0.3, -0.25) is 9.78 Å². The number of pyridine rings is 1. The van der Waals surface area contributed by atoms with Gasteiger partial charge < -0.3 is 16.2 Å². The molecule has 7 heteroatoms. The van der Waals surface area contributed by atoms with Crippen molar-refractivity contribution in [3.63, 3.8) is 0 Å². The topological polar surface area (TPSA) is 88.2 Å². The highest BCUT2D eigenvalue weighted by atomic mass is 19.1. The van der Waals surface area contributed by atoms with Gasteiger partial charge in [0.05, 0.1) is 17.4 Å². The molecule has 2 rings (SSSR count). The van der Waals surface area contributed by atoms with Crippen LogP contribution in [0.4, 0.5) is 20.2 Å². The number of hydrogen-bond acceptors (Lipinski definition) is 4. The maximum absolute atomic E-state index is 13.5. The smallest absolute Gasteiger partial charge is 0.259 e. The van der Waals surface area contributed by atoms with Crippen LogP contribution in [0.3, 0.4) is 0 Å². The maximum atomic E-state index is 13.5. The van der Waals surface area contributed by atoms with Crippen molar-refractivity contribution in [3.05, 3.63) is 47.8 Å². The van der Waals surface area contributed by atoms with E-state index in [2.05, 4.69) is 10.3 Å². The van der Waals surface area contributed by atoms with E-state index in [1.165, 1.54) is 12.3 Å². The number of aromatic hydroxyl groups is 1. The second-order valence-electron chi connectivity index (χ2n) is 3.70. The van der Waals surface area contributed by atoms with Crippen LogP contribution in [0, 0.1) is 11.6 Å². The predicted molar refractivity (Wildman–Crippen MR) is 64.6 cm³/mol. The van der Waals surface area contributed by atoms with Gasteiger partial charge in [0.2, 0.25) is 0 Å². The molecule has 0 aliphatic rings. The lowest BCUT2D eigenvalue weighted by Crippen LogP contribution is -2.15. The number of nitrogens with one attached hydrogen (secondary N) is 1. The molecule has 0 bridgehead atoms. The summed E-state index contributed by atoms with van der Waals surface area (Å²) in [5.41, 5.74) is 4.72. The van der Waals surface area contributed by atoms with E-state index in [1.807, 2.05) is 0 Å². The Bertz CT molecular complexity index is 624. The third-order valence-electron chi connectivity index (χ3n) is 2.37. The third-order valence-corrected chi connectivity index (χ3v) is 2.37. The standard InChI is InChI=1S/C12H9F2N3O2/c13-6-3-8(14)11(9(15)4-6)17-12(19)7-1-2-16-5-10(7)18/h1-5,18H,15H2,(H,17,19). The third kappa shape index (κ3) is 2.59. The SMILES string of the molecule is Nc1cc(F)cc(F)c1NC(=O)c1ccncc1O. The molecule has 0 spiro atoms. The maximum Gasteiger partial charge on any atom is 0.259 e. The van der Waals surface area contributed by atoms with Crippen LogP contribution in [0.25, 0.3) is 0 Å². The second kappa shape index (κ2) is 4.89. The normalized spacial score (nSPS) is 10.2. The summed E-state index contributed by atoms with van der Waals surface area (Å²) in [6, 6.07) is 2.73. The lowest BCUT2D eigenvalue weighted by atomic mass is 10.2. The Morgan fingerprint density at radius 3 is 2.74 bits per heavy atom. The lowest BCUT2D eigenvalue weighted by molar-refractivity contribution is 0.102. The van der Waals surface area contributed by atoms with Crippen molar-refractivity contribution in [3.8, 4) is 5.75 Å². The molecule has 1 aromatic heterocycles. The van der Waals surface area contributed by atoms with E-state index in [0.717, 1.165) is 12.3 Å². The zero-order valence-corrected chi connectivity index (χ0v) is 9.52. The zero-order chi connectivity index (χ0) is 14.0. The minimum absolute atomic E-state index is 0.0990. The van der Waals surface area contributed by atoms with E-state index in [1.54, 1.807) is 0 Å². The molecule has 19 heavy (non-hydrogen) atoms. The number of anilines is 2. The Kier molecular flexibility index (Phi) is 3.28. The number of aromatic nitrogens is 1. The van der Waals surface area contributed by atoms with Crippen LogP contribution in [0.2, 0.25) is 0 Å². The van der Waals surface area contributed by atoms with Gasteiger partial charge in [0.1, 0.15) is 17.3 Å². The molecule has 0 unspecified atom stereocenters. The number of rotatable bonds is 2. The summed E-state index contributed by atoms with van der Waals surface area (Å²) in [7, 11) is 0. The monoisotopic (exact) mass is 265 g/mol. The Morgan fingerprint density at radius 1 is 1.37 bits per heavy atom. The van der Waals surface area contributed by atoms with Crippen molar-refractivity contribution in [1.29, 1.82) is 0 Å². The van der Waals surface area contributed by atoms with Crippen molar-refractivity contribution < 1.29 is 18.7 Å². The van der Waals surface area contributed by atoms with E-state index < -0.39 is 17.5 Å². The van der Waals surface area contributed by atoms with Gasteiger partial charge in [0.15, 0.2) is 5.82 Å². The number of nitrogen functional groups attached to an aromatic ring is 1. The van der Waals surface area contributed by atoms with Crippen molar-refractivity contribution in [2.45, 2.75) is 0 Å². The first-order valence-corrected chi connectivity index (χ1v) is 5.18. The number of benzene rings is 1. The highest BCUT2D eigenvalue weighted by Gasteiger charge is 2.16. The Balaban J connectivity index is 2.32. The molecule has 0 aliphatic heterocycles. The Labute approximate surface area is 106 Å². The zero-order valence-electron chi connectivity index (χ0n) is 9.52. The van der Waals surface area contributed by atoms with Crippen molar-refractivity contribution in [1.82, 2.24) is 4.98 Å². The molecular weight excluding hydrogens is 256 g/mol. The lowest BCUT2D eigenvalue weighted by Gasteiger charge is -2.10. The summed E-state index contributed by atoms with van der Waals surface area (Å²) in [5.74, 6) is -2.99. The predicted octanol–water partition coefficient (Wildman–Crippen LogP) is 1.90. The summed E-state index contributed by atoms with van der Waals surface area (Å²) in [6.45, 7) is 0. The molecule has 0 radical (unpaired) electrons. The first kappa shape index (κ1) is 12.7. The number of nitrogens with two attached hydrogens (primary N) is 1. The van der Waals surface area contributed by atoms with Gasteiger partial charge in [-0.25, -0.2) is 8.78 Å². The number of halogens is 2. The summed E-state index contributed by atoms with van der Waals surface area (Å²) < 4.78 is 26.3. The average Bonchev–Trinajstić information content (AvgIpc) is 2.34. The number of carbonyl (C=O) groups excluding carboxylic acids is 1. The molecule has 1 heterocycles. The molecule has 0 saturated carbocycles. The minimum Gasteiger partial charge on any atom is -0.505 e. The molecule has 1 amide bonds. The van der Waals surface area contributed by atoms with E-state index in [0.29, 0.717) is 6.07 Å². The Morgan fingerprint density at radius 2 is 2.11 bits per heavy atom. The van der Waals surface area contributed by atoms with Crippen molar-refractivity contribution in [2.24, 2.45) is 0 Å². The molecular formula is C12H9F2N3O2. The van der Waals surface area contributed by atoms with E-state index >= 15 is 0 Å². The Hall–Kier alpha value is -2.70. The molecule has 0 fully saturated rings. The quantitative estimate of drug-likeness (QED) is 0.723. The average molecular weight is 265 g/mol. The van der Waals surface area contributed by atoms with Gasteiger partial charge >= 0.3 is 0 Å². The molecule has 2 aromatic rings. The largest absolute Gasteiger partial charge is 0.505 e. The van der Waals surface area contributed by atoms with Gasteiger partial charge in [0, 0.05) is 12.3 Å². The van der Waals surface area contributed by atoms with Crippen LogP contribution in [-0.2, 0) is 0 Å². The summed E-state index contributed by atoms with van der Waals surface area (Å²) in [4.78, 5) is 15.4. The van der Waals surface area contributed by atoms with Gasteiger partial charge in [-0.2, -0.15) is 0 Å². The van der Waals surface area contributed by atoms with Gasteiger partial charge in [-0.15, -0.1) is 0 Å². The van der Waals surface area contributed by atoms with Gasteiger partial charge in [-0.1, -0.05) is 0 Å². The molecule has 4 N–H and O–H groups in total. The number of nitrogens with zero attached hydrogens (tertiary/aromatic N) is 1. The molecule has 0 saturated heterocycles. The van der Waals surface area contributed by atoms with Crippen LogP contribution < -0.4 is 11.1 Å². The van der Waals surface area contributed by atoms with E-state index in [9.17, 15) is 18.7 Å². The van der Waals surface area contributed by atoms with Crippen LogP contribution >= 0.6 is 0 Å². The number of hydrogen-bond donors (Lipinski definition) is 3. The molecule has 0 aliphatic carbocycles. The van der Waals surface area contributed by atoms with Crippen LogP contribution in [0.15, 0.2) is 30.6 Å². The first-order valence-electron chi connectivity index (χ1n) is 5.18. The molecule has 0 atom stereocenters. The number of carbonyl (C=O) groups is 1. The van der Waals surface area contributed by atoms with Gasteiger partial charge in [0.25, 0.3) is 5.91 Å². The van der Waals surface area contributed by atoms with Crippen LogP contribution in [0.5, 0.6) is 5.75 Å². The summed E-state index contributed by atoms with van der Waals surface area (Å²) in [6.07, 6.45) is 2.36. The number of amides is 1. The van der Waals surface area contributed by atoms with Gasteiger partial charge in [-0.05, 0) is 12.1 Å². The fraction of sp³-hybridized carbons (Fsp3) is 0. The van der Waals surface area contributed by atoms with Crippen molar-refractivity contribution >= 4 is 17.3 Å². The first-order chi connectivity index (χ1) is 8.99. The van der Waals surface area contributed by atoms with Crippen LogP contribution in [0.1, 0.15) is 10.4 Å². The molecule has 5 nitrogen and oxygen atoms in total. The van der Waals surface area contributed by atoms with Crippen molar-refractivity contribution in [2.75, 3.05) is 11.1 Å². The molecule has 98 valence electrons. The van der Waals surface area contributed by atoms with E-state index in [-0.39, 0.29) is 22.7 Å². The second-order valence-corrected chi connectivity index (χ2v) is 3.70. The highest BCUT2D eigenvalue weighted by molar-refractivity contribution is 6.07. The summed E-state index contributed by atoms with van der Waals surface area (Å²) >= 11 is 0. The van der Waals surface area contributed by atoms with E-state index in [4.69, 9.17) is 5.73 Å². The molecule has 1 aromatic carbocycles. The summed E-state index contributed by atoms with van der Waals surface area (Å²) in [5, 5.41) is 11.6. The van der Waals surface area contributed by atoms with Crippen LogP contribution in [-0.4, -0.2) is 16.0 Å². The highest BCUT2D eigenvalue weighted by Crippen LogP contribution is 2.25.